The van der Waals surface area contributed by atoms with Crippen molar-refractivity contribution in [3.63, 3.8) is 0 Å². The molecule has 0 aromatic heterocycles. The standard InChI is InChI=1S/C90H140N26O32/c1-43(2)70(84(142)110-60(42-119)83(141)109-59(41-118)82(140)105-55(26-29-69(130)131)78(136)108-58(40-117)81(139)104-52(12-7-8-30-91)77(135)107-56(34-47-16-20-49(122)21-17-47)76(134)100-39-68(129)115-32-10-14-61(115)88(146)116-33-11-15-62(116)89(147)148)113-87(145)73(46(6)121)114-85(143)71(44(3)4)112-79(137)54(25-28-64(94)125)106-86(144)72(45(5)120)111-67(128)38-99-75(133)53(24-27-63(93)124)101-66(127)37-98-74(132)51(13-9-31-97-90(95)96)103-80(138)57(102-65(126)36-92)35-48-18-22-50(123)23-19-48/h16-23,43-46,51-62,70-73,117-123H,7-15,24-42,91-92H2,1-6H3,(H2,93,124)(H2,94,125)(H,98,132)(H,99,133)(H,100,134)(H,101,127)(H,102,126)(H,103,138)(H,104,139)(H,105,140)(H,106,144)(H,107,135)(H,108,136)(H,109,141)(H,110,142)(H,111,128)(H,112,137)(H,113,145)(H,114,143)(H,130,131)(H,147,148)(H4,95,96,97)/t45-,46-,51+,52+,53+,54+,55+,56+,57+,58+,59+,60+,61+,62+,70+,71+,72+,73+/m1/s1. The van der Waals surface area contributed by atoms with E-state index in [9.17, 15) is 156 Å². The molecule has 2 aliphatic rings. The van der Waals surface area contributed by atoms with Gasteiger partial charge in [-0.05, 0) is 145 Å². The number of hydrogen-bond acceptors (Lipinski definition) is 33. The van der Waals surface area contributed by atoms with Crippen molar-refractivity contribution in [2.24, 2.45) is 40.5 Å². The lowest BCUT2D eigenvalue weighted by Gasteiger charge is -2.30. The van der Waals surface area contributed by atoms with Crippen molar-refractivity contribution < 1.29 is 156 Å². The molecule has 0 bridgehead atoms. The van der Waals surface area contributed by atoms with Crippen LogP contribution in [0.4, 0.5) is 0 Å². The van der Waals surface area contributed by atoms with Gasteiger partial charge >= 0.3 is 11.9 Å². The average molecular weight is 2100 g/mol. The molecule has 0 saturated carbocycles. The molecule has 18 atom stereocenters. The van der Waals surface area contributed by atoms with Crippen LogP contribution in [0.5, 0.6) is 11.5 Å². The number of nitrogens with one attached hydrogen (secondary N) is 19. The summed E-state index contributed by atoms with van der Waals surface area (Å²) in [7, 11) is 0. The van der Waals surface area contributed by atoms with Gasteiger partial charge in [0.1, 0.15) is 108 Å². The molecule has 38 N–H and O–H groups in total. The van der Waals surface area contributed by atoms with Crippen molar-refractivity contribution >= 4 is 142 Å². The van der Waals surface area contributed by atoms with Gasteiger partial charge in [-0.25, -0.2) is 4.79 Å². The summed E-state index contributed by atoms with van der Waals surface area (Å²) in [4.78, 5) is 313. The third-order valence-corrected chi connectivity index (χ3v) is 23.4. The van der Waals surface area contributed by atoms with E-state index in [0.29, 0.717) is 24.0 Å². The summed E-state index contributed by atoms with van der Waals surface area (Å²) in [6.45, 7) is 0.907. The molecule has 0 radical (unpaired) electrons. The van der Waals surface area contributed by atoms with E-state index in [4.69, 9.17) is 34.1 Å². The Morgan fingerprint density at radius 2 is 0.696 bits per heavy atom. The highest BCUT2D eigenvalue weighted by atomic mass is 16.4. The summed E-state index contributed by atoms with van der Waals surface area (Å²) in [6, 6.07) is -16.3. The molecule has 2 heterocycles. The fourth-order valence-corrected chi connectivity index (χ4v) is 15.2. The molecule has 4 rings (SSSR count). The monoisotopic (exact) mass is 2100 g/mol. The summed E-state index contributed by atoms with van der Waals surface area (Å²) in [5, 5.41) is 141. The van der Waals surface area contributed by atoms with E-state index >= 15 is 0 Å². The van der Waals surface area contributed by atoms with Gasteiger partial charge in [-0.2, -0.15) is 0 Å². The van der Waals surface area contributed by atoms with Gasteiger partial charge in [-0.15, -0.1) is 0 Å². The Balaban J connectivity index is 1.43. The molecule has 2 fully saturated rings. The van der Waals surface area contributed by atoms with E-state index in [0.717, 1.165) is 13.8 Å². The van der Waals surface area contributed by atoms with Crippen LogP contribution in [0.3, 0.4) is 0 Å². The fourth-order valence-electron chi connectivity index (χ4n) is 15.2. The third kappa shape index (κ3) is 42.9. The van der Waals surface area contributed by atoms with Gasteiger partial charge in [0.15, 0.2) is 5.96 Å². The Labute approximate surface area is 849 Å². The maximum Gasteiger partial charge on any atom is 0.326 e. The van der Waals surface area contributed by atoms with Crippen LogP contribution in [-0.4, -0.2) is 379 Å². The number of carboxylic acid groups (broad SMARTS) is 2. The van der Waals surface area contributed by atoms with Gasteiger partial charge < -0.3 is 180 Å². The lowest BCUT2D eigenvalue weighted by molar-refractivity contribution is -0.151. The van der Waals surface area contributed by atoms with Gasteiger partial charge in [0.25, 0.3) is 0 Å². The SMILES string of the molecule is CC(C)[C@H](NC(=O)[C@H](CCC(N)=O)NC(=O)[C@@H](NC(=O)CNC(=O)[C@H](CCC(N)=O)NC(=O)CNC(=O)[C@H](CCCNC(=N)N)NC(=O)[C@H](Cc1ccc(O)cc1)NC(=O)CN)[C@@H](C)O)C(=O)N[C@H](C(=O)N[C@H](C(=O)N[C@@H](CO)C(=O)N[C@@H](CO)C(=O)N[C@@H](CCC(=O)O)C(=O)N[C@@H](CO)C(=O)N[C@@H](CCCCN)C(=O)N[C@@H](Cc1ccc(O)cc1)C(=O)NCC(=O)N1CCC[C@H]1C(=O)N1CCC[C@H]1C(=O)O)C(C)C)[C@@H](C)O. The highest BCUT2D eigenvalue weighted by Crippen LogP contribution is 2.26. The summed E-state index contributed by atoms with van der Waals surface area (Å²) >= 11 is 0. The molecular formula is C90H140N26O32. The number of aliphatic carboxylic acids is 2. The number of aromatic hydroxyl groups is 2. The molecule has 21 amide bonds. The van der Waals surface area contributed by atoms with Gasteiger partial charge in [-0.1, -0.05) is 52.0 Å². The van der Waals surface area contributed by atoms with Crippen LogP contribution in [0, 0.1) is 17.2 Å². The number of carbonyl (C=O) groups is 23. The summed E-state index contributed by atoms with van der Waals surface area (Å²) in [6.07, 6.45) is -6.76. The number of unbranched alkanes of at least 4 members (excludes halogenated alkanes) is 1. The van der Waals surface area contributed by atoms with E-state index in [1.165, 1.54) is 86.0 Å². The average Bonchev–Trinajstić information content (AvgIpc) is 1.65. The number of nitrogens with two attached hydrogens (primary N) is 5. The zero-order valence-electron chi connectivity index (χ0n) is 82.7. The van der Waals surface area contributed by atoms with E-state index < -0.39 is 347 Å². The van der Waals surface area contributed by atoms with Crippen LogP contribution in [0.15, 0.2) is 48.5 Å². The van der Waals surface area contributed by atoms with Crippen LogP contribution < -0.4 is 124 Å². The number of benzene rings is 2. The molecule has 0 unspecified atom stereocenters. The van der Waals surface area contributed by atoms with Crippen molar-refractivity contribution in [3.05, 3.63) is 59.7 Å². The Kier molecular flexibility index (Phi) is 53.5. The number of phenolic OH excluding ortho intramolecular Hbond substituents is 2. The minimum Gasteiger partial charge on any atom is -0.508 e. The summed E-state index contributed by atoms with van der Waals surface area (Å²) < 4.78 is 0. The predicted octanol–water partition coefficient (Wildman–Crippen LogP) is -14.1. The Hall–Kier alpha value is -15.2. The van der Waals surface area contributed by atoms with Crippen molar-refractivity contribution in [1.82, 2.24) is 106 Å². The van der Waals surface area contributed by atoms with Crippen molar-refractivity contribution in [3.8, 4) is 11.5 Å². The minimum atomic E-state index is -2.12. The Bertz CT molecular complexity index is 4960. The highest BCUT2D eigenvalue weighted by Gasteiger charge is 2.45. The first-order valence-electron chi connectivity index (χ1n) is 47.7. The second-order valence-electron chi connectivity index (χ2n) is 35.8. The van der Waals surface area contributed by atoms with Crippen LogP contribution in [0.25, 0.3) is 0 Å². The van der Waals surface area contributed by atoms with Crippen LogP contribution in [0.2, 0.25) is 0 Å². The number of aliphatic hydroxyl groups is 5. The fraction of sp³-hybridized carbons (Fsp3) is 0.600. The summed E-state index contributed by atoms with van der Waals surface area (Å²) in [5.74, 6) is -28.5. The number of phenols is 2. The number of carbonyl (C=O) groups excluding carboxylic acids is 21. The largest absolute Gasteiger partial charge is 0.508 e. The maximum absolute atomic E-state index is 14.4. The smallest absolute Gasteiger partial charge is 0.326 e. The van der Waals surface area contributed by atoms with Gasteiger partial charge in [0.2, 0.25) is 124 Å². The number of primary amides is 2. The zero-order valence-corrected chi connectivity index (χ0v) is 82.7. The molecule has 822 valence electrons. The minimum absolute atomic E-state index is 0.0318. The molecule has 0 spiro atoms. The number of guanidine groups is 1. The van der Waals surface area contributed by atoms with E-state index in [1.54, 1.807) is 0 Å². The highest BCUT2D eigenvalue weighted by molar-refractivity contribution is 6.02. The van der Waals surface area contributed by atoms with Crippen molar-refractivity contribution in [2.75, 3.05) is 72.2 Å². The summed E-state index contributed by atoms with van der Waals surface area (Å²) in [5.41, 5.74) is 28.2. The molecule has 2 aromatic carbocycles. The van der Waals surface area contributed by atoms with Crippen LogP contribution >= 0.6 is 0 Å². The maximum atomic E-state index is 14.4. The van der Waals surface area contributed by atoms with E-state index in [2.05, 4.69) is 90.4 Å². The first-order chi connectivity index (χ1) is 69.8. The number of nitrogens with zero attached hydrogens (tertiary/aromatic N) is 2. The quantitative estimate of drug-likeness (QED) is 0.0166. The number of amides is 21. The van der Waals surface area contributed by atoms with E-state index in [1.807, 2.05) is 5.32 Å². The van der Waals surface area contributed by atoms with E-state index in [-0.39, 0.29) is 95.5 Å². The number of likely N-dealkylation sites (tertiary alicyclic amines) is 2. The molecule has 2 aliphatic heterocycles. The lowest BCUT2D eigenvalue weighted by Crippen LogP contribution is -2.63. The molecular weight excluding hydrogens is 1960 g/mol. The van der Waals surface area contributed by atoms with Gasteiger partial charge in [0, 0.05) is 51.7 Å². The van der Waals surface area contributed by atoms with Crippen LogP contribution in [0.1, 0.15) is 149 Å². The van der Waals surface area contributed by atoms with Crippen molar-refractivity contribution in [1.29, 1.82) is 5.41 Å². The molecule has 58 nitrogen and oxygen atoms in total. The van der Waals surface area contributed by atoms with Crippen molar-refractivity contribution in [2.45, 2.75) is 260 Å². The Morgan fingerprint density at radius 3 is 1.14 bits per heavy atom. The topological polar surface area (TPSA) is 952 Å². The lowest BCUT2D eigenvalue weighted by atomic mass is 9.99. The second kappa shape index (κ2) is 63.3. The number of rotatable bonds is 65. The molecule has 2 aromatic rings. The normalized spacial score (nSPS) is 16.4. The first-order valence-corrected chi connectivity index (χ1v) is 47.7. The van der Waals surface area contributed by atoms with Gasteiger partial charge in [-0.3, -0.25) is 111 Å². The second-order valence-corrected chi connectivity index (χ2v) is 35.8. The third-order valence-electron chi connectivity index (χ3n) is 23.4. The van der Waals surface area contributed by atoms with Crippen LogP contribution in [-0.2, 0) is 123 Å². The zero-order chi connectivity index (χ0) is 111. The Morgan fingerprint density at radius 1 is 0.365 bits per heavy atom. The molecule has 2 saturated heterocycles. The number of carboxylic acids is 2. The number of aliphatic hydroxyl groups excluding tert-OH is 5. The predicted molar refractivity (Wildman–Crippen MR) is 516 cm³/mol. The van der Waals surface area contributed by atoms with Gasteiger partial charge in [0.05, 0.1) is 58.2 Å². The number of hydrogen-bond donors (Lipinski definition) is 33. The first kappa shape index (κ1) is 125. The molecule has 58 heteroatoms. The molecule has 148 heavy (non-hydrogen) atoms. The molecule has 0 aliphatic carbocycles.